The molecule has 0 aliphatic rings. The summed E-state index contributed by atoms with van der Waals surface area (Å²) in [6.45, 7) is 11.0. The van der Waals surface area contributed by atoms with Gasteiger partial charge in [-0.15, -0.1) is 0 Å². The lowest BCUT2D eigenvalue weighted by Gasteiger charge is -2.03. The Bertz CT molecular complexity index is 103. The van der Waals surface area contributed by atoms with E-state index >= 15 is 0 Å². The molecule has 0 amide bonds. The summed E-state index contributed by atoms with van der Waals surface area (Å²) in [6, 6.07) is 0. The quantitative estimate of drug-likeness (QED) is 0.475. The van der Waals surface area contributed by atoms with Gasteiger partial charge in [0.25, 0.3) is 0 Å². The summed E-state index contributed by atoms with van der Waals surface area (Å²) in [5, 5.41) is 3.35. The zero-order chi connectivity index (χ0) is 8.69. The summed E-state index contributed by atoms with van der Waals surface area (Å²) in [6.07, 6.45) is 4.43. The van der Waals surface area contributed by atoms with Crippen LogP contribution in [0.4, 0.5) is 0 Å². The minimum absolute atomic E-state index is 0.677. The maximum Gasteiger partial charge on any atom is 0.0135 e. The summed E-state index contributed by atoms with van der Waals surface area (Å²) < 4.78 is 0. The van der Waals surface area contributed by atoms with Crippen LogP contribution in [0.3, 0.4) is 0 Å². The van der Waals surface area contributed by atoms with Crippen molar-refractivity contribution in [2.75, 3.05) is 13.1 Å². The zero-order valence-electron chi connectivity index (χ0n) is 8.22. The van der Waals surface area contributed by atoms with Crippen LogP contribution >= 0.6 is 0 Å². The van der Waals surface area contributed by atoms with E-state index in [1.807, 2.05) is 0 Å². The maximum absolute atomic E-state index is 3.35. The van der Waals surface area contributed by atoms with Gasteiger partial charge in [0.2, 0.25) is 0 Å². The van der Waals surface area contributed by atoms with E-state index in [2.05, 4.69) is 45.2 Å². The van der Waals surface area contributed by atoms with Gasteiger partial charge in [0.05, 0.1) is 0 Å². The van der Waals surface area contributed by atoms with E-state index in [0.29, 0.717) is 5.92 Å². The third-order valence-electron chi connectivity index (χ3n) is 1.34. The Morgan fingerprint density at radius 2 is 1.82 bits per heavy atom. The lowest BCUT2D eigenvalue weighted by atomic mass is 10.2. The molecule has 0 heterocycles. The highest BCUT2D eigenvalue weighted by molar-refractivity contribution is 4.86. The first-order chi connectivity index (χ1) is 5.13. The molecule has 0 saturated heterocycles. The van der Waals surface area contributed by atoms with Crippen molar-refractivity contribution < 1.29 is 0 Å². The van der Waals surface area contributed by atoms with Crippen LogP contribution in [0, 0.1) is 11.8 Å². The SMILES string of the molecule is CC(C)/C=C\CNCC(C)C. The summed E-state index contributed by atoms with van der Waals surface area (Å²) in [4.78, 5) is 0. The highest BCUT2D eigenvalue weighted by Crippen LogP contribution is 1.92. The fourth-order valence-corrected chi connectivity index (χ4v) is 0.796. The molecule has 0 radical (unpaired) electrons. The Hall–Kier alpha value is -0.300. The summed E-state index contributed by atoms with van der Waals surface area (Å²) in [5.74, 6) is 1.43. The molecule has 0 bridgehead atoms. The van der Waals surface area contributed by atoms with Gasteiger partial charge >= 0.3 is 0 Å². The molecule has 0 rings (SSSR count). The average molecular weight is 155 g/mol. The van der Waals surface area contributed by atoms with E-state index in [0.717, 1.165) is 19.0 Å². The molecular weight excluding hydrogens is 134 g/mol. The van der Waals surface area contributed by atoms with Crippen LogP contribution in [0.1, 0.15) is 27.7 Å². The molecule has 0 fully saturated rings. The highest BCUT2D eigenvalue weighted by Gasteiger charge is 1.89. The molecule has 0 spiro atoms. The number of hydrogen-bond acceptors (Lipinski definition) is 1. The largest absolute Gasteiger partial charge is 0.313 e. The molecule has 1 N–H and O–H groups in total. The second-order valence-electron chi connectivity index (χ2n) is 3.72. The average Bonchev–Trinajstić information content (AvgIpc) is 1.85. The molecule has 0 aliphatic carbocycles. The Balaban J connectivity index is 3.14. The lowest BCUT2D eigenvalue weighted by molar-refractivity contribution is 0.576. The van der Waals surface area contributed by atoms with Gasteiger partial charge in [-0.05, 0) is 18.4 Å². The van der Waals surface area contributed by atoms with Crippen LogP contribution in [-0.2, 0) is 0 Å². The predicted octanol–water partition coefficient (Wildman–Crippen LogP) is 2.44. The molecular formula is C10H21N. The van der Waals surface area contributed by atoms with E-state index in [4.69, 9.17) is 0 Å². The standard InChI is InChI=1S/C10H21N/c1-9(2)6-5-7-11-8-10(3)4/h5-6,9-11H,7-8H2,1-4H3/b6-5-. The van der Waals surface area contributed by atoms with Crippen molar-refractivity contribution in [1.29, 1.82) is 0 Å². The number of rotatable bonds is 5. The number of nitrogens with one attached hydrogen (secondary N) is 1. The summed E-state index contributed by atoms with van der Waals surface area (Å²) in [7, 11) is 0. The Kier molecular flexibility index (Phi) is 6.24. The Morgan fingerprint density at radius 1 is 1.18 bits per heavy atom. The van der Waals surface area contributed by atoms with Crippen molar-refractivity contribution in [3.8, 4) is 0 Å². The third kappa shape index (κ3) is 9.70. The van der Waals surface area contributed by atoms with E-state index in [1.54, 1.807) is 0 Å². The minimum atomic E-state index is 0.677. The monoisotopic (exact) mass is 155 g/mol. The normalized spacial score (nSPS) is 12.2. The van der Waals surface area contributed by atoms with Crippen LogP contribution < -0.4 is 5.32 Å². The molecule has 0 atom stereocenters. The van der Waals surface area contributed by atoms with Crippen LogP contribution in [0.2, 0.25) is 0 Å². The van der Waals surface area contributed by atoms with Crippen LogP contribution in [-0.4, -0.2) is 13.1 Å². The van der Waals surface area contributed by atoms with Crippen molar-refractivity contribution in [3.05, 3.63) is 12.2 Å². The topological polar surface area (TPSA) is 12.0 Å². The first-order valence-electron chi connectivity index (χ1n) is 4.50. The fourth-order valence-electron chi connectivity index (χ4n) is 0.796. The molecule has 0 saturated carbocycles. The summed E-state index contributed by atoms with van der Waals surface area (Å²) in [5.41, 5.74) is 0. The second kappa shape index (κ2) is 6.41. The molecule has 66 valence electrons. The van der Waals surface area contributed by atoms with E-state index in [1.165, 1.54) is 0 Å². The van der Waals surface area contributed by atoms with Crippen molar-refractivity contribution in [1.82, 2.24) is 5.32 Å². The van der Waals surface area contributed by atoms with Crippen LogP contribution in [0.5, 0.6) is 0 Å². The zero-order valence-corrected chi connectivity index (χ0v) is 8.22. The molecule has 11 heavy (non-hydrogen) atoms. The Morgan fingerprint density at radius 3 is 2.27 bits per heavy atom. The van der Waals surface area contributed by atoms with Crippen LogP contribution in [0.25, 0.3) is 0 Å². The van der Waals surface area contributed by atoms with Gasteiger partial charge in [-0.1, -0.05) is 39.8 Å². The molecule has 0 aliphatic heterocycles. The lowest BCUT2D eigenvalue weighted by Crippen LogP contribution is -2.19. The third-order valence-corrected chi connectivity index (χ3v) is 1.34. The van der Waals surface area contributed by atoms with Crippen molar-refractivity contribution in [3.63, 3.8) is 0 Å². The highest BCUT2D eigenvalue weighted by atomic mass is 14.8. The van der Waals surface area contributed by atoms with E-state index < -0.39 is 0 Å². The van der Waals surface area contributed by atoms with Gasteiger partial charge in [0, 0.05) is 6.54 Å². The Labute approximate surface area is 70.9 Å². The van der Waals surface area contributed by atoms with Crippen molar-refractivity contribution in [2.45, 2.75) is 27.7 Å². The molecule has 0 unspecified atom stereocenters. The first kappa shape index (κ1) is 10.7. The van der Waals surface area contributed by atoms with Gasteiger partial charge in [0.1, 0.15) is 0 Å². The number of allylic oxidation sites excluding steroid dienone is 1. The number of hydrogen-bond donors (Lipinski definition) is 1. The van der Waals surface area contributed by atoms with Gasteiger partial charge < -0.3 is 5.32 Å². The molecule has 1 heteroatoms. The fraction of sp³-hybridized carbons (Fsp3) is 0.800. The maximum atomic E-state index is 3.35. The van der Waals surface area contributed by atoms with Gasteiger partial charge in [0.15, 0.2) is 0 Å². The summed E-state index contributed by atoms with van der Waals surface area (Å²) >= 11 is 0. The van der Waals surface area contributed by atoms with E-state index in [9.17, 15) is 0 Å². The molecule has 0 aromatic heterocycles. The van der Waals surface area contributed by atoms with Gasteiger partial charge in [-0.2, -0.15) is 0 Å². The molecule has 0 aromatic carbocycles. The van der Waals surface area contributed by atoms with Gasteiger partial charge in [-0.3, -0.25) is 0 Å². The minimum Gasteiger partial charge on any atom is -0.313 e. The molecule has 0 aromatic rings. The van der Waals surface area contributed by atoms with Crippen LogP contribution in [0.15, 0.2) is 12.2 Å². The van der Waals surface area contributed by atoms with Crippen molar-refractivity contribution >= 4 is 0 Å². The smallest absolute Gasteiger partial charge is 0.0135 e. The van der Waals surface area contributed by atoms with Gasteiger partial charge in [-0.25, -0.2) is 0 Å². The van der Waals surface area contributed by atoms with E-state index in [-0.39, 0.29) is 0 Å². The predicted molar refractivity (Wildman–Crippen MR) is 51.7 cm³/mol. The second-order valence-corrected chi connectivity index (χ2v) is 3.72. The first-order valence-corrected chi connectivity index (χ1v) is 4.50. The van der Waals surface area contributed by atoms with Crippen molar-refractivity contribution in [2.24, 2.45) is 11.8 Å². The molecule has 1 nitrogen and oxygen atoms in total.